The van der Waals surface area contributed by atoms with Crippen LogP contribution < -0.4 is 37.6 Å². The van der Waals surface area contributed by atoms with E-state index in [1.54, 1.807) is 27.7 Å². The van der Waals surface area contributed by atoms with Gasteiger partial charge in [-0.1, -0.05) is 58.0 Å². The molecule has 1 fully saturated rings. The lowest BCUT2D eigenvalue weighted by Gasteiger charge is -2.31. The van der Waals surface area contributed by atoms with Crippen molar-refractivity contribution in [1.82, 2.24) is 36.8 Å². The van der Waals surface area contributed by atoms with E-state index in [1.807, 2.05) is 35.2 Å². The monoisotopic (exact) mass is 716 g/mol. The van der Waals surface area contributed by atoms with Crippen LogP contribution in [-0.4, -0.2) is 113 Å². The standard InChI is InChI=1S/C35H56N8O8/c1-19(2)28(30(36)46)41-35(51)29(20(3)4)42-34(50)27-14-11-15-43(27)17-25(16-24-12-9-8-10-13-24)40-32(48)22(6)37-31(47)21(5)38-33(49)26(18-44)39-23(7)45/h8-10,12-13,19-22,25-29,44H,11,14-18H2,1-7H3,(H2,36,46)(H,37,47)(H,38,49)(H,39,45)(H,40,48)(H,41,51)(H,42,50)/t21-,22-,25-,26-,27-,28-,29-/m0/s1. The third-order valence-electron chi connectivity index (χ3n) is 8.69. The number of carbonyl (C=O) groups is 7. The number of benzene rings is 1. The van der Waals surface area contributed by atoms with E-state index in [0.29, 0.717) is 25.9 Å². The molecule has 2 rings (SSSR count). The first-order valence-corrected chi connectivity index (χ1v) is 17.4. The summed E-state index contributed by atoms with van der Waals surface area (Å²) in [7, 11) is 0. The summed E-state index contributed by atoms with van der Waals surface area (Å²) in [5, 5.41) is 25.3. The molecule has 0 saturated carbocycles. The van der Waals surface area contributed by atoms with E-state index in [-0.39, 0.29) is 17.7 Å². The SMILES string of the molecule is CC(=O)N[C@@H](CO)C(=O)N[C@@H](C)C(=O)N[C@@H](C)C(=O)N[C@@H](Cc1ccccc1)CN1CCC[C@H]1C(=O)N[C@H](C(=O)N[C@H](C(N)=O)C(C)C)C(C)C. The average Bonchev–Trinajstić information content (AvgIpc) is 3.52. The maximum absolute atomic E-state index is 13.7. The minimum Gasteiger partial charge on any atom is -0.394 e. The van der Waals surface area contributed by atoms with Gasteiger partial charge in [-0.2, -0.15) is 0 Å². The fraction of sp³-hybridized carbons (Fsp3) is 0.629. The topological polar surface area (TPSA) is 241 Å². The van der Waals surface area contributed by atoms with Crippen LogP contribution in [0, 0.1) is 11.8 Å². The van der Waals surface area contributed by atoms with Crippen LogP contribution in [-0.2, 0) is 40.0 Å². The van der Waals surface area contributed by atoms with E-state index in [0.717, 1.165) is 12.0 Å². The number of hydrogen-bond acceptors (Lipinski definition) is 9. The molecule has 9 N–H and O–H groups in total. The third-order valence-corrected chi connectivity index (χ3v) is 8.69. The molecule has 1 aromatic rings. The highest BCUT2D eigenvalue weighted by Crippen LogP contribution is 2.20. The molecule has 0 spiro atoms. The van der Waals surface area contributed by atoms with Crippen molar-refractivity contribution in [2.24, 2.45) is 17.6 Å². The zero-order chi connectivity index (χ0) is 38.4. The molecule has 7 amide bonds. The Hall–Kier alpha value is -4.57. The van der Waals surface area contributed by atoms with Crippen LogP contribution in [0.4, 0.5) is 0 Å². The second-order valence-corrected chi connectivity index (χ2v) is 13.8. The Balaban J connectivity index is 2.14. The molecule has 16 nitrogen and oxygen atoms in total. The van der Waals surface area contributed by atoms with E-state index >= 15 is 0 Å². The van der Waals surface area contributed by atoms with Gasteiger partial charge in [-0.05, 0) is 57.1 Å². The number of rotatable bonds is 19. The van der Waals surface area contributed by atoms with Crippen molar-refractivity contribution in [3.63, 3.8) is 0 Å². The molecule has 1 aromatic carbocycles. The number of carbonyl (C=O) groups excluding carboxylic acids is 7. The van der Waals surface area contributed by atoms with Crippen LogP contribution in [0.3, 0.4) is 0 Å². The summed E-state index contributed by atoms with van der Waals surface area (Å²) in [6.07, 6.45) is 1.68. The first-order valence-electron chi connectivity index (χ1n) is 17.4. The fourth-order valence-electron chi connectivity index (χ4n) is 5.83. The Bertz CT molecular complexity index is 1370. The van der Waals surface area contributed by atoms with Gasteiger partial charge in [0.25, 0.3) is 0 Å². The summed E-state index contributed by atoms with van der Waals surface area (Å²) in [5.41, 5.74) is 6.43. The van der Waals surface area contributed by atoms with Crippen LogP contribution >= 0.6 is 0 Å². The highest BCUT2D eigenvalue weighted by molar-refractivity contribution is 5.94. The van der Waals surface area contributed by atoms with Gasteiger partial charge in [0.2, 0.25) is 41.4 Å². The predicted molar refractivity (Wildman–Crippen MR) is 189 cm³/mol. The molecule has 0 aromatic heterocycles. The number of hydrogen-bond donors (Lipinski definition) is 8. The highest BCUT2D eigenvalue weighted by Gasteiger charge is 2.36. The van der Waals surface area contributed by atoms with Gasteiger partial charge in [0.05, 0.1) is 12.6 Å². The lowest BCUT2D eigenvalue weighted by molar-refractivity contribution is -0.134. The number of nitrogens with zero attached hydrogens (tertiary/aromatic N) is 1. The van der Waals surface area contributed by atoms with Gasteiger partial charge >= 0.3 is 0 Å². The lowest BCUT2D eigenvalue weighted by atomic mass is 9.99. The number of aliphatic hydroxyl groups excluding tert-OH is 1. The second-order valence-electron chi connectivity index (χ2n) is 13.8. The molecular weight excluding hydrogens is 660 g/mol. The smallest absolute Gasteiger partial charge is 0.245 e. The van der Waals surface area contributed by atoms with Crippen molar-refractivity contribution >= 4 is 41.4 Å². The van der Waals surface area contributed by atoms with Crippen molar-refractivity contribution in [3.05, 3.63) is 35.9 Å². The molecule has 0 aliphatic carbocycles. The molecule has 51 heavy (non-hydrogen) atoms. The molecule has 16 heteroatoms. The molecule has 1 aliphatic rings. The minimum absolute atomic E-state index is 0.238. The molecule has 1 aliphatic heterocycles. The Morgan fingerprint density at radius 1 is 0.765 bits per heavy atom. The van der Waals surface area contributed by atoms with Gasteiger partial charge in [0, 0.05) is 19.5 Å². The number of aliphatic hydroxyl groups is 1. The molecule has 1 saturated heterocycles. The van der Waals surface area contributed by atoms with Gasteiger partial charge in [-0.15, -0.1) is 0 Å². The molecule has 0 radical (unpaired) electrons. The number of likely N-dealkylation sites (tertiary alicyclic amines) is 1. The number of primary amides is 1. The van der Waals surface area contributed by atoms with Gasteiger partial charge in [0.1, 0.15) is 30.2 Å². The van der Waals surface area contributed by atoms with Gasteiger partial charge < -0.3 is 42.7 Å². The molecule has 0 unspecified atom stereocenters. The van der Waals surface area contributed by atoms with E-state index < -0.39 is 84.3 Å². The largest absolute Gasteiger partial charge is 0.394 e. The average molecular weight is 717 g/mol. The van der Waals surface area contributed by atoms with E-state index in [1.165, 1.54) is 20.8 Å². The van der Waals surface area contributed by atoms with Crippen molar-refractivity contribution in [2.45, 2.75) is 110 Å². The highest BCUT2D eigenvalue weighted by atomic mass is 16.3. The van der Waals surface area contributed by atoms with Gasteiger partial charge in [-0.3, -0.25) is 38.5 Å². The molecule has 1 heterocycles. The summed E-state index contributed by atoms with van der Waals surface area (Å²) in [4.78, 5) is 90.7. The quantitative estimate of drug-likeness (QED) is 0.0826. The summed E-state index contributed by atoms with van der Waals surface area (Å²) in [6.45, 7) is 11.4. The zero-order valence-electron chi connectivity index (χ0n) is 30.7. The van der Waals surface area contributed by atoms with Crippen LogP contribution in [0.15, 0.2) is 30.3 Å². The second kappa shape index (κ2) is 20.3. The van der Waals surface area contributed by atoms with Gasteiger partial charge in [0.15, 0.2) is 0 Å². The van der Waals surface area contributed by atoms with Crippen molar-refractivity contribution in [3.8, 4) is 0 Å². The van der Waals surface area contributed by atoms with Crippen LogP contribution in [0.5, 0.6) is 0 Å². The fourth-order valence-corrected chi connectivity index (χ4v) is 5.83. The first-order chi connectivity index (χ1) is 23.9. The van der Waals surface area contributed by atoms with Crippen molar-refractivity contribution in [1.29, 1.82) is 0 Å². The first kappa shape index (κ1) is 42.6. The Morgan fingerprint density at radius 2 is 1.33 bits per heavy atom. The summed E-state index contributed by atoms with van der Waals surface area (Å²) >= 11 is 0. The number of nitrogens with two attached hydrogens (primary N) is 1. The maximum Gasteiger partial charge on any atom is 0.245 e. The van der Waals surface area contributed by atoms with E-state index in [2.05, 4.69) is 31.9 Å². The van der Waals surface area contributed by atoms with Gasteiger partial charge in [-0.25, -0.2) is 0 Å². The Morgan fingerprint density at radius 3 is 1.86 bits per heavy atom. The molecule has 7 atom stereocenters. The van der Waals surface area contributed by atoms with E-state index in [9.17, 15) is 38.7 Å². The van der Waals surface area contributed by atoms with Crippen molar-refractivity contribution in [2.75, 3.05) is 19.7 Å². The normalized spacial score (nSPS) is 18.0. The zero-order valence-corrected chi connectivity index (χ0v) is 30.7. The van der Waals surface area contributed by atoms with Crippen LogP contribution in [0.25, 0.3) is 0 Å². The lowest BCUT2D eigenvalue weighted by Crippen LogP contribution is -2.59. The number of nitrogens with one attached hydrogen (secondary N) is 6. The van der Waals surface area contributed by atoms with E-state index in [4.69, 9.17) is 5.73 Å². The van der Waals surface area contributed by atoms with Crippen LogP contribution in [0.1, 0.15) is 66.9 Å². The minimum atomic E-state index is -1.24. The summed E-state index contributed by atoms with van der Waals surface area (Å²) in [6, 6.07) is 3.33. The molecule has 0 bridgehead atoms. The number of amides is 7. The molecular formula is C35H56N8O8. The van der Waals surface area contributed by atoms with Crippen LogP contribution in [0.2, 0.25) is 0 Å². The Kier molecular flexibility index (Phi) is 17.0. The molecule has 284 valence electrons. The predicted octanol–water partition coefficient (Wildman–Crippen LogP) is -1.55. The maximum atomic E-state index is 13.7. The van der Waals surface area contributed by atoms with Crippen molar-refractivity contribution < 1.29 is 38.7 Å². The Labute approximate surface area is 299 Å². The summed E-state index contributed by atoms with van der Waals surface area (Å²) in [5.74, 6) is -4.45. The summed E-state index contributed by atoms with van der Waals surface area (Å²) < 4.78 is 0. The third kappa shape index (κ3) is 13.6.